The lowest BCUT2D eigenvalue weighted by atomic mass is 9.94. The third kappa shape index (κ3) is 4.62. The molecule has 1 aliphatic heterocycles. The van der Waals surface area contributed by atoms with Crippen LogP contribution in [0.2, 0.25) is 5.02 Å². The number of carbonyl (C=O) groups is 1. The molecule has 1 saturated heterocycles. The van der Waals surface area contributed by atoms with Crippen molar-refractivity contribution in [2.24, 2.45) is 5.92 Å². The van der Waals surface area contributed by atoms with Crippen molar-refractivity contribution < 1.29 is 9.21 Å². The van der Waals surface area contributed by atoms with Crippen molar-refractivity contribution in [1.82, 2.24) is 15.3 Å². The minimum atomic E-state index is 0.0973. The summed E-state index contributed by atoms with van der Waals surface area (Å²) in [5, 5.41) is 3.66. The molecule has 7 heteroatoms. The lowest BCUT2D eigenvalue weighted by Crippen LogP contribution is -2.38. The highest BCUT2D eigenvalue weighted by Crippen LogP contribution is 2.28. The molecule has 1 aromatic carbocycles. The summed E-state index contributed by atoms with van der Waals surface area (Å²) in [6.45, 7) is 2.29. The van der Waals surface area contributed by atoms with Crippen LogP contribution in [0.4, 0.5) is 6.01 Å². The van der Waals surface area contributed by atoms with E-state index in [0.717, 1.165) is 43.4 Å². The van der Waals surface area contributed by atoms with Crippen LogP contribution < -0.4 is 10.2 Å². The molecule has 1 fully saturated rings. The van der Waals surface area contributed by atoms with Crippen LogP contribution in [-0.2, 0) is 11.2 Å². The highest BCUT2D eigenvalue weighted by molar-refractivity contribution is 6.31. The minimum Gasteiger partial charge on any atom is -0.423 e. The zero-order valence-corrected chi connectivity index (χ0v) is 16.4. The second-order valence-electron chi connectivity index (χ2n) is 7.23. The summed E-state index contributed by atoms with van der Waals surface area (Å²) in [5.41, 5.74) is 2.62. The van der Waals surface area contributed by atoms with Gasteiger partial charge in [0.1, 0.15) is 5.52 Å². The zero-order valence-electron chi connectivity index (χ0n) is 15.6. The molecule has 6 nitrogen and oxygen atoms in total. The van der Waals surface area contributed by atoms with Crippen molar-refractivity contribution in [3.8, 4) is 0 Å². The Morgan fingerprint density at radius 3 is 3.14 bits per heavy atom. The topological polar surface area (TPSA) is 71.3 Å². The molecular formula is C21H23ClN4O2. The van der Waals surface area contributed by atoms with Crippen molar-refractivity contribution in [1.29, 1.82) is 0 Å². The number of hydrogen-bond donors (Lipinski definition) is 1. The molecule has 0 aliphatic carbocycles. The molecule has 3 aromatic rings. The molecule has 1 unspecified atom stereocenters. The molecule has 146 valence electrons. The zero-order chi connectivity index (χ0) is 19.3. The fourth-order valence-electron chi connectivity index (χ4n) is 3.65. The average molecular weight is 399 g/mol. The van der Waals surface area contributed by atoms with Gasteiger partial charge < -0.3 is 14.6 Å². The molecule has 4 rings (SSSR count). The van der Waals surface area contributed by atoms with Gasteiger partial charge in [0.2, 0.25) is 5.91 Å². The predicted octanol–water partition coefficient (Wildman–Crippen LogP) is 3.84. The third-order valence-corrected chi connectivity index (χ3v) is 5.30. The number of rotatable bonds is 6. The van der Waals surface area contributed by atoms with E-state index in [2.05, 4.69) is 20.2 Å². The average Bonchev–Trinajstić information content (AvgIpc) is 3.12. The van der Waals surface area contributed by atoms with Crippen LogP contribution in [-0.4, -0.2) is 35.5 Å². The Labute approximate surface area is 168 Å². The number of nitrogens with zero attached hydrogens (tertiary/aromatic N) is 3. The number of benzene rings is 1. The molecule has 0 bridgehead atoms. The molecule has 1 N–H and O–H groups in total. The fraction of sp³-hybridized carbons (Fsp3) is 0.381. The lowest BCUT2D eigenvalue weighted by Gasteiger charge is -2.31. The van der Waals surface area contributed by atoms with E-state index < -0.39 is 0 Å². The standard InChI is InChI=1S/C21H23ClN4O2/c22-17-5-6-18-19(12-17)28-21(25-18)26-10-2-4-16(14-26)11-20(27)24-9-7-15-3-1-8-23-13-15/h1,3,5-6,8,12-13,16H,2,4,7,9-11,14H2,(H,24,27). The number of carbonyl (C=O) groups excluding carboxylic acids is 1. The van der Waals surface area contributed by atoms with Crippen LogP contribution in [0.5, 0.6) is 0 Å². The summed E-state index contributed by atoms with van der Waals surface area (Å²) in [7, 11) is 0. The summed E-state index contributed by atoms with van der Waals surface area (Å²) >= 11 is 6.03. The molecular weight excluding hydrogens is 376 g/mol. The number of halogens is 1. The Hall–Kier alpha value is -2.60. The molecule has 0 saturated carbocycles. The summed E-state index contributed by atoms with van der Waals surface area (Å²) < 4.78 is 5.88. The van der Waals surface area contributed by atoms with Crippen LogP contribution in [0, 0.1) is 5.92 Å². The number of nitrogens with one attached hydrogen (secondary N) is 1. The van der Waals surface area contributed by atoms with Gasteiger partial charge in [-0.05, 0) is 48.9 Å². The van der Waals surface area contributed by atoms with Gasteiger partial charge in [0.05, 0.1) is 0 Å². The Morgan fingerprint density at radius 2 is 2.29 bits per heavy atom. The van der Waals surface area contributed by atoms with Crippen LogP contribution in [0.3, 0.4) is 0 Å². The van der Waals surface area contributed by atoms with Crippen molar-refractivity contribution in [3.63, 3.8) is 0 Å². The Morgan fingerprint density at radius 1 is 1.36 bits per heavy atom. The van der Waals surface area contributed by atoms with E-state index in [-0.39, 0.29) is 5.91 Å². The van der Waals surface area contributed by atoms with E-state index in [1.165, 1.54) is 0 Å². The van der Waals surface area contributed by atoms with Crippen molar-refractivity contribution in [2.45, 2.75) is 25.7 Å². The van der Waals surface area contributed by atoms with Gasteiger partial charge in [0.15, 0.2) is 5.58 Å². The maximum absolute atomic E-state index is 12.3. The first kappa shape index (κ1) is 18.7. The number of hydrogen-bond acceptors (Lipinski definition) is 5. The molecule has 28 heavy (non-hydrogen) atoms. The van der Waals surface area contributed by atoms with Crippen LogP contribution in [0.15, 0.2) is 47.1 Å². The van der Waals surface area contributed by atoms with Gasteiger partial charge in [-0.2, -0.15) is 4.98 Å². The molecule has 1 amide bonds. The lowest BCUT2D eigenvalue weighted by molar-refractivity contribution is -0.122. The Balaban J connectivity index is 1.30. The molecule has 3 heterocycles. The van der Waals surface area contributed by atoms with E-state index in [4.69, 9.17) is 16.0 Å². The monoisotopic (exact) mass is 398 g/mol. The van der Waals surface area contributed by atoms with Gasteiger partial charge in [-0.1, -0.05) is 17.7 Å². The molecule has 1 atom stereocenters. The van der Waals surface area contributed by atoms with E-state index in [0.29, 0.717) is 35.5 Å². The number of fused-ring (bicyclic) bond motifs is 1. The number of pyridine rings is 1. The summed E-state index contributed by atoms with van der Waals surface area (Å²) in [4.78, 5) is 23.1. The van der Waals surface area contributed by atoms with E-state index >= 15 is 0 Å². The Bertz CT molecular complexity index is 944. The smallest absolute Gasteiger partial charge is 0.298 e. The maximum Gasteiger partial charge on any atom is 0.298 e. The summed E-state index contributed by atoms with van der Waals surface area (Å²) in [6, 6.07) is 10.00. The third-order valence-electron chi connectivity index (χ3n) is 5.06. The van der Waals surface area contributed by atoms with E-state index in [9.17, 15) is 4.79 Å². The number of aromatic nitrogens is 2. The van der Waals surface area contributed by atoms with Gasteiger partial charge in [0.25, 0.3) is 6.01 Å². The quantitative estimate of drug-likeness (QED) is 0.683. The SMILES string of the molecule is O=C(CC1CCCN(c2nc3ccc(Cl)cc3o2)C1)NCCc1cccnc1. The highest BCUT2D eigenvalue weighted by atomic mass is 35.5. The maximum atomic E-state index is 12.3. The number of oxazole rings is 1. The first-order valence-electron chi connectivity index (χ1n) is 9.64. The molecule has 1 aliphatic rings. The van der Waals surface area contributed by atoms with Gasteiger partial charge in [0, 0.05) is 49.5 Å². The number of piperidine rings is 1. The van der Waals surface area contributed by atoms with Gasteiger partial charge in [-0.15, -0.1) is 0 Å². The van der Waals surface area contributed by atoms with Crippen LogP contribution in [0.1, 0.15) is 24.8 Å². The largest absolute Gasteiger partial charge is 0.423 e. The van der Waals surface area contributed by atoms with Crippen molar-refractivity contribution in [2.75, 3.05) is 24.5 Å². The summed E-state index contributed by atoms with van der Waals surface area (Å²) in [5.74, 6) is 0.394. The van der Waals surface area contributed by atoms with Gasteiger partial charge in [-0.25, -0.2) is 0 Å². The van der Waals surface area contributed by atoms with Crippen LogP contribution in [0.25, 0.3) is 11.1 Å². The number of amides is 1. The summed E-state index contributed by atoms with van der Waals surface area (Å²) in [6.07, 6.45) is 6.96. The minimum absolute atomic E-state index is 0.0973. The fourth-order valence-corrected chi connectivity index (χ4v) is 3.82. The van der Waals surface area contributed by atoms with E-state index in [1.54, 1.807) is 12.3 Å². The van der Waals surface area contributed by atoms with Crippen LogP contribution >= 0.6 is 11.6 Å². The molecule has 0 radical (unpaired) electrons. The molecule has 0 spiro atoms. The second kappa shape index (κ2) is 8.61. The van der Waals surface area contributed by atoms with E-state index in [1.807, 2.05) is 30.5 Å². The first-order chi connectivity index (χ1) is 13.7. The Kier molecular flexibility index (Phi) is 5.76. The van der Waals surface area contributed by atoms with Gasteiger partial charge >= 0.3 is 0 Å². The molecule has 2 aromatic heterocycles. The predicted molar refractivity (Wildman–Crippen MR) is 110 cm³/mol. The second-order valence-corrected chi connectivity index (χ2v) is 7.66. The first-order valence-corrected chi connectivity index (χ1v) is 10.0. The van der Waals surface area contributed by atoms with Crippen molar-refractivity contribution >= 4 is 34.6 Å². The number of anilines is 1. The normalized spacial score (nSPS) is 17.0. The highest BCUT2D eigenvalue weighted by Gasteiger charge is 2.25. The van der Waals surface area contributed by atoms with Gasteiger partial charge in [-0.3, -0.25) is 9.78 Å². The van der Waals surface area contributed by atoms with Crippen molar-refractivity contribution in [3.05, 3.63) is 53.3 Å².